The van der Waals surface area contributed by atoms with E-state index in [0.717, 1.165) is 5.52 Å². The van der Waals surface area contributed by atoms with Gasteiger partial charge in [0.05, 0.1) is 43.2 Å². The highest BCUT2D eigenvalue weighted by Crippen LogP contribution is 2.45. The number of aromatic nitrogens is 4. The molecule has 0 aliphatic carbocycles. The van der Waals surface area contributed by atoms with Crippen molar-refractivity contribution in [3.63, 3.8) is 0 Å². The number of benzene rings is 2. The van der Waals surface area contributed by atoms with Gasteiger partial charge in [-0.25, -0.2) is 28.5 Å². The first-order valence-electron chi connectivity index (χ1n) is 11.3. The summed E-state index contributed by atoms with van der Waals surface area (Å²) < 4.78 is 41.9. The number of carbonyl (C=O) groups is 1. The molecule has 11 heteroatoms. The first-order valence-corrected chi connectivity index (χ1v) is 11.3. The lowest BCUT2D eigenvalue weighted by molar-refractivity contribution is 0.0595. The number of methoxy groups -OCH3 is 1. The molecule has 1 aliphatic heterocycles. The number of carbonyl (C=O) groups excluding carboxylic acids is 1. The molecule has 0 bridgehead atoms. The van der Waals surface area contributed by atoms with Crippen LogP contribution in [-0.2, 0) is 16.5 Å². The SMILES string of the molecule is COC(=O)c1nccnc1Nc1ccc(N2CCOCC2)c(C(F)F)c1-c1cccc2c1ncn2C. The number of alkyl halides is 2. The summed E-state index contributed by atoms with van der Waals surface area (Å²) in [7, 11) is 3.08. The highest BCUT2D eigenvalue weighted by Gasteiger charge is 2.28. The van der Waals surface area contributed by atoms with Gasteiger partial charge in [-0.2, -0.15) is 0 Å². The van der Waals surface area contributed by atoms with E-state index in [2.05, 4.69) is 20.3 Å². The van der Waals surface area contributed by atoms with Crippen LogP contribution in [0.3, 0.4) is 0 Å². The summed E-state index contributed by atoms with van der Waals surface area (Å²) in [6.45, 7) is 1.90. The van der Waals surface area contributed by atoms with Crippen LogP contribution in [0.4, 0.5) is 26.0 Å². The molecule has 0 spiro atoms. The minimum Gasteiger partial charge on any atom is -0.464 e. The number of rotatable bonds is 6. The number of halogens is 2. The predicted molar refractivity (Wildman–Crippen MR) is 131 cm³/mol. The molecule has 4 aromatic rings. The fraction of sp³-hybridized carbons (Fsp3) is 0.280. The lowest BCUT2D eigenvalue weighted by Crippen LogP contribution is -2.37. The van der Waals surface area contributed by atoms with Crippen LogP contribution in [0.1, 0.15) is 22.5 Å². The van der Waals surface area contributed by atoms with Crippen LogP contribution in [0.25, 0.3) is 22.2 Å². The normalized spacial score (nSPS) is 13.9. The third-order valence-corrected chi connectivity index (χ3v) is 6.15. The number of hydrogen-bond donors (Lipinski definition) is 1. The van der Waals surface area contributed by atoms with Crippen molar-refractivity contribution in [2.75, 3.05) is 43.6 Å². The summed E-state index contributed by atoms with van der Waals surface area (Å²) in [5.41, 5.74) is 2.76. The van der Waals surface area contributed by atoms with E-state index in [1.165, 1.54) is 19.5 Å². The molecule has 3 heterocycles. The minimum atomic E-state index is -2.79. The first kappa shape index (κ1) is 23.6. The Balaban J connectivity index is 1.76. The van der Waals surface area contributed by atoms with Gasteiger partial charge in [-0.3, -0.25) is 0 Å². The van der Waals surface area contributed by atoms with Gasteiger partial charge in [0.25, 0.3) is 6.43 Å². The third-order valence-electron chi connectivity index (χ3n) is 6.15. The van der Waals surface area contributed by atoms with Crippen LogP contribution in [-0.4, -0.2) is 58.9 Å². The molecule has 5 rings (SSSR count). The Morgan fingerprint density at radius 1 is 1.11 bits per heavy atom. The van der Waals surface area contributed by atoms with Crippen LogP contribution < -0.4 is 10.2 Å². The summed E-state index contributed by atoms with van der Waals surface area (Å²) in [6, 6.07) is 8.82. The molecule has 0 atom stereocenters. The van der Waals surface area contributed by atoms with E-state index >= 15 is 0 Å². The number of para-hydroxylation sites is 1. The molecule has 0 saturated carbocycles. The second-order valence-corrected chi connectivity index (χ2v) is 8.22. The molecule has 0 radical (unpaired) electrons. The molecule has 2 aromatic carbocycles. The molecule has 1 aliphatic rings. The summed E-state index contributed by atoms with van der Waals surface area (Å²) in [5.74, 6) is -0.601. The molecule has 1 saturated heterocycles. The molecule has 1 fully saturated rings. The van der Waals surface area contributed by atoms with Crippen molar-refractivity contribution < 1.29 is 23.0 Å². The number of nitrogens with one attached hydrogen (secondary N) is 1. The summed E-state index contributed by atoms with van der Waals surface area (Å²) in [6.07, 6.45) is 1.62. The summed E-state index contributed by atoms with van der Waals surface area (Å²) in [4.78, 5) is 27.0. The Hall–Kier alpha value is -4.12. The minimum absolute atomic E-state index is 0.0575. The van der Waals surface area contributed by atoms with Crippen LogP contribution in [0.2, 0.25) is 0 Å². The van der Waals surface area contributed by atoms with Gasteiger partial charge in [0.1, 0.15) is 0 Å². The zero-order valence-corrected chi connectivity index (χ0v) is 19.7. The number of hydrogen-bond acceptors (Lipinski definition) is 8. The van der Waals surface area contributed by atoms with Crippen molar-refractivity contribution in [2.45, 2.75) is 6.43 Å². The average molecular weight is 495 g/mol. The number of ether oxygens (including phenoxy) is 2. The highest BCUT2D eigenvalue weighted by atomic mass is 19.3. The number of nitrogens with zero attached hydrogens (tertiary/aromatic N) is 5. The Labute approximate surface area is 205 Å². The number of morpholine rings is 1. The van der Waals surface area contributed by atoms with Gasteiger partial charge in [-0.1, -0.05) is 12.1 Å². The smallest absolute Gasteiger partial charge is 0.360 e. The predicted octanol–water partition coefficient (Wildman–Crippen LogP) is 4.33. The van der Waals surface area contributed by atoms with E-state index in [9.17, 15) is 13.6 Å². The van der Waals surface area contributed by atoms with Gasteiger partial charge in [-0.05, 0) is 18.2 Å². The first-order chi connectivity index (χ1) is 17.5. The molecule has 186 valence electrons. The van der Waals surface area contributed by atoms with E-state index in [4.69, 9.17) is 9.47 Å². The second kappa shape index (κ2) is 9.86. The van der Waals surface area contributed by atoms with E-state index in [-0.39, 0.29) is 22.6 Å². The number of aryl methyl sites for hydroxylation is 1. The van der Waals surface area contributed by atoms with Crippen molar-refractivity contribution in [1.82, 2.24) is 19.5 Å². The van der Waals surface area contributed by atoms with Gasteiger partial charge < -0.3 is 24.3 Å². The number of esters is 1. The molecule has 1 N–H and O–H groups in total. The standard InChI is InChI=1S/C25H24F2N6O3/c1-32-14-30-21-15(4-3-5-18(21)32)19-16(31-24-22(25(34)35-2)28-8-9-29-24)6-7-17(20(19)23(26)27)33-10-12-36-13-11-33/h3-9,14,23H,10-13H2,1-2H3,(H,29,31). The Morgan fingerprint density at radius 2 is 1.89 bits per heavy atom. The molecular formula is C25H24F2N6O3. The van der Waals surface area contributed by atoms with Crippen LogP contribution in [0, 0.1) is 0 Å². The lowest BCUT2D eigenvalue weighted by Gasteiger charge is -2.32. The maximum atomic E-state index is 14.9. The van der Waals surface area contributed by atoms with Crippen molar-refractivity contribution in [3.05, 3.63) is 60.3 Å². The molecule has 2 aromatic heterocycles. The molecule has 0 unspecified atom stereocenters. The highest BCUT2D eigenvalue weighted by molar-refractivity contribution is 6.00. The van der Waals surface area contributed by atoms with Crippen molar-refractivity contribution in [1.29, 1.82) is 0 Å². The quantitative estimate of drug-likeness (QED) is 0.396. The van der Waals surface area contributed by atoms with Gasteiger partial charge in [0.2, 0.25) is 0 Å². The topological polar surface area (TPSA) is 94.4 Å². The van der Waals surface area contributed by atoms with Crippen molar-refractivity contribution in [3.8, 4) is 11.1 Å². The monoisotopic (exact) mass is 494 g/mol. The number of anilines is 3. The van der Waals surface area contributed by atoms with Crippen molar-refractivity contribution in [2.24, 2.45) is 7.05 Å². The number of imidazole rings is 1. The second-order valence-electron chi connectivity index (χ2n) is 8.22. The lowest BCUT2D eigenvalue weighted by atomic mass is 9.94. The zero-order chi connectivity index (χ0) is 25.2. The van der Waals surface area contributed by atoms with Crippen LogP contribution >= 0.6 is 0 Å². The van der Waals surface area contributed by atoms with Gasteiger partial charge in [0.15, 0.2) is 11.5 Å². The van der Waals surface area contributed by atoms with Crippen LogP contribution in [0.15, 0.2) is 49.1 Å². The fourth-order valence-corrected chi connectivity index (χ4v) is 4.47. The van der Waals surface area contributed by atoms with Crippen molar-refractivity contribution >= 4 is 34.2 Å². The maximum Gasteiger partial charge on any atom is 0.360 e. The summed E-state index contributed by atoms with van der Waals surface area (Å²) >= 11 is 0. The van der Waals surface area contributed by atoms with E-state index in [0.29, 0.717) is 48.8 Å². The van der Waals surface area contributed by atoms with E-state index in [1.807, 2.05) is 28.6 Å². The molecular weight excluding hydrogens is 470 g/mol. The van der Waals surface area contributed by atoms with E-state index in [1.54, 1.807) is 24.5 Å². The Bertz CT molecular complexity index is 1420. The zero-order valence-electron chi connectivity index (χ0n) is 19.7. The Kier molecular flexibility index (Phi) is 6.47. The van der Waals surface area contributed by atoms with Crippen LogP contribution in [0.5, 0.6) is 0 Å². The Morgan fingerprint density at radius 3 is 2.64 bits per heavy atom. The molecule has 0 amide bonds. The molecule has 36 heavy (non-hydrogen) atoms. The third kappa shape index (κ3) is 4.22. The number of fused-ring (bicyclic) bond motifs is 1. The largest absolute Gasteiger partial charge is 0.464 e. The van der Waals surface area contributed by atoms with Gasteiger partial charge in [0, 0.05) is 55.0 Å². The average Bonchev–Trinajstić information content (AvgIpc) is 3.29. The molecule has 9 nitrogen and oxygen atoms in total. The van der Waals surface area contributed by atoms with E-state index < -0.39 is 12.4 Å². The maximum absolute atomic E-state index is 14.9. The fourth-order valence-electron chi connectivity index (χ4n) is 4.47. The van der Waals surface area contributed by atoms with Gasteiger partial charge in [-0.15, -0.1) is 0 Å². The van der Waals surface area contributed by atoms with Gasteiger partial charge >= 0.3 is 5.97 Å². The summed E-state index contributed by atoms with van der Waals surface area (Å²) in [5, 5.41) is 3.07.